The van der Waals surface area contributed by atoms with E-state index in [2.05, 4.69) is 16.0 Å². The number of carbonyl (C=O) groups excluding carboxylic acids is 8. The molecule has 3 amide bonds. The van der Waals surface area contributed by atoms with Gasteiger partial charge in [-0.25, -0.2) is 0 Å². The van der Waals surface area contributed by atoms with Crippen molar-refractivity contribution >= 4 is 53.3 Å². The molecule has 2 aliphatic rings. The number of rotatable bonds is 30. The van der Waals surface area contributed by atoms with Crippen LogP contribution in [0.5, 0.6) is 0 Å². The first-order valence-electron chi connectivity index (χ1n) is 22.6. The number of hydrogen-bond donors (Lipinski definition) is 6. The van der Waals surface area contributed by atoms with Crippen molar-refractivity contribution in [2.24, 2.45) is 5.73 Å². The van der Waals surface area contributed by atoms with E-state index in [4.69, 9.17) is 67.3 Å². The third-order valence-corrected chi connectivity index (χ3v) is 9.78. The summed E-state index contributed by atoms with van der Waals surface area (Å²) in [5.41, 5.74) is 5.72. The lowest BCUT2D eigenvalue weighted by atomic mass is 9.98. The molecule has 71 heavy (non-hydrogen) atoms. The van der Waals surface area contributed by atoms with Gasteiger partial charge in [-0.05, 0) is 25.1 Å². The zero-order valence-electron chi connectivity index (χ0n) is 40.5. The number of nitrogens with two attached hydrogens (primary N) is 1. The van der Waals surface area contributed by atoms with Crippen LogP contribution in [0.4, 0.5) is 5.69 Å². The van der Waals surface area contributed by atoms with E-state index < -0.39 is 116 Å². The molecule has 0 unspecified atom stereocenters. The zero-order chi connectivity index (χ0) is 52.5. The molecule has 2 fully saturated rings. The molecule has 400 valence electrons. The second-order valence-corrected chi connectivity index (χ2v) is 15.6. The van der Waals surface area contributed by atoms with E-state index in [1.807, 2.05) is 0 Å². The molecule has 0 radical (unpaired) electrons. The summed E-state index contributed by atoms with van der Waals surface area (Å²) in [4.78, 5) is 96.3. The molecule has 2 aliphatic heterocycles. The van der Waals surface area contributed by atoms with Gasteiger partial charge in [-0.3, -0.25) is 38.4 Å². The number of amides is 3. The number of esters is 5. The number of carbonyl (C=O) groups is 8. The molecule has 1 aromatic rings. The first kappa shape index (κ1) is 59.8. The van der Waals surface area contributed by atoms with Crippen molar-refractivity contribution in [2.75, 3.05) is 97.6 Å². The van der Waals surface area contributed by atoms with Gasteiger partial charge in [-0.1, -0.05) is 0 Å². The van der Waals surface area contributed by atoms with Gasteiger partial charge in [0.05, 0.1) is 78.7 Å². The Balaban J connectivity index is 1.36. The predicted molar refractivity (Wildman–Crippen MR) is 238 cm³/mol. The van der Waals surface area contributed by atoms with Crippen LogP contribution in [-0.2, 0) is 90.3 Å². The normalized spacial score (nSPS) is 23.9. The van der Waals surface area contributed by atoms with E-state index in [0.29, 0.717) is 0 Å². The molecule has 0 bridgehead atoms. The quantitative estimate of drug-likeness (QED) is 0.0266. The van der Waals surface area contributed by atoms with Crippen LogP contribution in [0.1, 0.15) is 62.3 Å². The summed E-state index contributed by atoms with van der Waals surface area (Å²) >= 11 is 0. The standard InChI is InChI=1S/C44H66N4O23/c1-24-37(67-26(3)50)39(69-28(5)52)36(56)43(66-24)63-17-15-61-13-11-59-9-7-46-41(57)30-19-31(21-32(20-30)48-34(54)22-45)42(58)47-8-10-60-12-14-62-16-18-64-44-40(70-29(6)53)38(68-27(4)51)35(55)33(71-44)23-65-25(2)49/h19-21,24,33,35-40,43-44,55-56H,7-18,22-23,45H2,1-6H3,(H,46,57)(H,47,58)(H,48,54)/t24-,33-,35-,36+,37-,38+,39-,40+,43+,44+/m1/s1. The van der Waals surface area contributed by atoms with Crippen molar-refractivity contribution in [1.82, 2.24) is 10.6 Å². The van der Waals surface area contributed by atoms with E-state index in [1.54, 1.807) is 6.92 Å². The molecule has 3 rings (SSSR count). The van der Waals surface area contributed by atoms with Crippen LogP contribution in [0.15, 0.2) is 18.2 Å². The number of aliphatic hydroxyl groups is 2. The van der Waals surface area contributed by atoms with Crippen LogP contribution in [0.25, 0.3) is 0 Å². The first-order chi connectivity index (χ1) is 33.8. The SMILES string of the molecule is CC(=O)OC[C@H]1O[C@H](OCCOCCOCCNC(=O)c2cc(NC(=O)CN)cc(C(=O)NCCOCCOCCO[C@H]3O[C@H](C)[C@@H](OC(C)=O)[C@H](OC(C)=O)[C@@H]3O)c2)[C@@H](OC(C)=O)[C@@H](OC(C)=O)[C@@H]1O. The minimum atomic E-state index is -1.52. The Labute approximate surface area is 409 Å². The molecular formula is C44H66N4O23. The average Bonchev–Trinajstić information content (AvgIpc) is 3.30. The number of anilines is 1. The third-order valence-electron chi connectivity index (χ3n) is 9.78. The Hall–Kier alpha value is -5.46. The van der Waals surface area contributed by atoms with Crippen molar-refractivity contribution in [3.05, 3.63) is 29.3 Å². The highest BCUT2D eigenvalue weighted by atomic mass is 16.7. The van der Waals surface area contributed by atoms with E-state index in [-0.39, 0.29) is 103 Å². The topological polar surface area (TPSA) is 359 Å². The molecule has 1 aromatic carbocycles. The van der Waals surface area contributed by atoms with E-state index in [1.165, 1.54) is 25.1 Å². The highest BCUT2D eigenvalue weighted by Gasteiger charge is 2.51. The number of nitrogens with one attached hydrogen (secondary N) is 3. The zero-order valence-corrected chi connectivity index (χ0v) is 40.5. The van der Waals surface area contributed by atoms with Gasteiger partial charge >= 0.3 is 29.8 Å². The van der Waals surface area contributed by atoms with Crippen molar-refractivity contribution in [3.8, 4) is 0 Å². The lowest BCUT2D eigenvalue weighted by Gasteiger charge is -2.42. The van der Waals surface area contributed by atoms with Crippen molar-refractivity contribution in [1.29, 1.82) is 0 Å². The minimum absolute atomic E-state index is 0.00621. The monoisotopic (exact) mass is 1020 g/mol. The smallest absolute Gasteiger partial charge is 0.303 e. The Bertz CT molecular complexity index is 1910. The van der Waals surface area contributed by atoms with Crippen molar-refractivity contribution in [3.63, 3.8) is 0 Å². The molecule has 27 nitrogen and oxygen atoms in total. The third kappa shape index (κ3) is 21.8. The first-order valence-corrected chi connectivity index (χ1v) is 22.6. The maximum atomic E-state index is 13.1. The Morgan fingerprint density at radius 1 is 0.549 bits per heavy atom. The van der Waals surface area contributed by atoms with Crippen LogP contribution in [0.3, 0.4) is 0 Å². The number of aliphatic hydroxyl groups excluding tert-OH is 2. The summed E-state index contributed by atoms with van der Waals surface area (Å²) < 4.78 is 70.4. The van der Waals surface area contributed by atoms with Crippen LogP contribution in [0.2, 0.25) is 0 Å². The minimum Gasteiger partial charge on any atom is -0.463 e. The summed E-state index contributed by atoms with van der Waals surface area (Å²) in [5, 5.41) is 29.3. The maximum Gasteiger partial charge on any atom is 0.303 e. The summed E-state index contributed by atoms with van der Waals surface area (Å²) in [6.07, 6.45) is -12.4. The molecule has 2 saturated heterocycles. The van der Waals surface area contributed by atoms with Crippen LogP contribution in [0, 0.1) is 0 Å². The van der Waals surface area contributed by atoms with Crippen LogP contribution >= 0.6 is 0 Å². The molecule has 0 aromatic heterocycles. The fourth-order valence-corrected chi connectivity index (χ4v) is 6.75. The van der Waals surface area contributed by atoms with Crippen LogP contribution in [-0.4, -0.2) is 212 Å². The van der Waals surface area contributed by atoms with E-state index in [9.17, 15) is 48.6 Å². The lowest BCUT2D eigenvalue weighted by Crippen LogP contribution is -2.62. The second-order valence-electron chi connectivity index (χ2n) is 15.6. The Kier molecular flexibility index (Phi) is 26.8. The van der Waals surface area contributed by atoms with Gasteiger partial charge in [0.2, 0.25) is 5.91 Å². The van der Waals surface area contributed by atoms with Gasteiger partial charge < -0.3 is 93.5 Å². The molecule has 27 heteroatoms. The average molecular weight is 1020 g/mol. The molecule has 2 heterocycles. The van der Waals surface area contributed by atoms with Crippen molar-refractivity contribution < 1.29 is 110 Å². The maximum absolute atomic E-state index is 13.1. The highest BCUT2D eigenvalue weighted by Crippen LogP contribution is 2.29. The molecule has 0 spiro atoms. The van der Waals surface area contributed by atoms with Gasteiger partial charge in [0.25, 0.3) is 11.8 Å². The molecular weight excluding hydrogens is 952 g/mol. The summed E-state index contributed by atoms with van der Waals surface area (Å²) in [6.45, 7) is 7.36. The number of ether oxygens (including phenoxy) is 13. The predicted octanol–water partition coefficient (Wildman–Crippen LogP) is -2.38. The van der Waals surface area contributed by atoms with Gasteiger partial charge in [0, 0.05) is 64.5 Å². The molecule has 10 atom stereocenters. The second kappa shape index (κ2) is 31.8. The summed E-state index contributed by atoms with van der Waals surface area (Å²) in [5.74, 6) is -5.19. The number of hydrogen-bond acceptors (Lipinski definition) is 24. The largest absolute Gasteiger partial charge is 0.463 e. The Morgan fingerprint density at radius 2 is 0.986 bits per heavy atom. The van der Waals surface area contributed by atoms with Gasteiger partial charge in [-0.2, -0.15) is 0 Å². The molecule has 7 N–H and O–H groups in total. The molecule has 0 aliphatic carbocycles. The molecule has 0 saturated carbocycles. The summed E-state index contributed by atoms with van der Waals surface area (Å²) in [7, 11) is 0. The van der Waals surface area contributed by atoms with Gasteiger partial charge in [-0.15, -0.1) is 0 Å². The van der Waals surface area contributed by atoms with Crippen molar-refractivity contribution in [2.45, 2.75) is 103 Å². The Morgan fingerprint density at radius 3 is 1.46 bits per heavy atom. The van der Waals surface area contributed by atoms with E-state index >= 15 is 0 Å². The summed E-state index contributed by atoms with van der Waals surface area (Å²) in [6, 6.07) is 4.10. The lowest BCUT2D eigenvalue weighted by molar-refractivity contribution is -0.307. The van der Waals surface area contributed by atoms with Crippen LogP contribution < -0.4 is 21.7 Å². The van der Waals surface area contributed by atoms with Gasteiger partial charge in [0.15, 0.2) is 37.0 Å². The van der Waals surface area contributed by atoms with Gasteiger partial charge in [0.1, 0.15) is 24.9 Å². The highest BCUT2D eigenvalue weighted by molar-refractivity contribution is 6.02. The fraction of sp³-hybridized carbons (Fsp3) is 0.682. The fourth-order valence-electron chi connectivity index (χ4n) is 6.75. The van der Waals surface area contributed by atoms with E-state index in [0.717, 1.165) is 27.7 Å². The number of benzene rings is 1.